The maximum absolute atomic E-state index is 12.4. The Morgan fingerprint density at radius 1 is 1.15 bits per heavy atom. The Labute approximate surface area is 161 Å². The third kappa shape index (κ3) is 3.03. The molecule has 2 aliphatic rings. The van der Waals surface area contributed by atoms with Crippen molar-refractivity contribution in [3.05, 3.63) is 41.2 Å². The molecule has 1 fully saturated rings. The summed E-state index contributed by atoms with van der Waals surface area (Å²) in [6.45, 7) is 2.95. The van der Waals surface area contributed by atoms with Crippen molar-refractivity contribution < 1.29 is 4.79 Å². The van der Waals surface area contributed by atoms with Gasteiger partial charge in [0.15, 0.2) is 5.82 Å². The summed E-state index contributed by atoms with van der Waals surface area (Å²) in [5, 5.41) is 10.6. The average Bonchev–Trinajstić information content (AvgIpc) is 3.35. The molecule has 0 saturated carbocycles. The minimum atomic E-state index is -0.0231. The molecular weight excluding hydrogens is 360 g/mol. The molecule has 3 aromatic heterocycles. The molecule has 0 radical (unpaired) electrons. The van der Waals surface area contributed by atoms with Crippen LogP contribution < -0.4 is 10.2 Å². The fourth-order valence-corrected chi connectivity index (χ4v) is 4.64. The van der Waals surface area contributed by atoms with E-state index >= 15 is 0 Å². The zero-order valence-electron chi connectivity index (χ0n) is 15.1. The van der Waals surface area contributed by atoms with Gasteiger partial charge in [-0.1, -0.05) is 0 Å². The summed E-state index contributed by atoms with van der Waals surface area (Å²) >= 11 is 1.54. The average molecular weight is 382 g/mol. The van der Waals surface area contributed by atoms with Gasteiger partial charge in [0, 0.05) is 44.1 Å². The summed E-state index contributed by atoms with van der Waals surface area (Å²) in [6.07, 6.45) is 8.36. The minimum Gasteiger partial charge on any atom is -0.351 e. The second-order valence-corrected chi connectivity index (χ2v) is 8.01. The first-order valence-electron chi connectivity index (χ1n) is 9.49. The number of rotatable bonds is 2. The maximum Gasteiger partial charge on any atom is 0.322 e. The highest BCUT2D eigenvalue weighted by molar-refractivity contribution is 7.14. The van der Waals surface area contributed by atoms with Gasteiger partial charge in [0.05, 0.1) is 10.7 Å². The lowest BCUT2D eigenvalue weighted by molar-refractivity contribution is 0.208. The largest absolute Gasteiger partial charge is 0.351 e. The number of nitrogens with zero attached hydrogens (tertiary/aromatic N) is 5. The summed E-state index contributed by atoms with van der Waals surface area (Å²) < 4.78 is 1.99. The van der Waals surface area contributed by atoms with Crippen molar-refractivity contribution in [1.82, 2.24) is 19.5 Å². The summed E-state index contributed by atoms with van der Waals surface area (Å²) in [6, 6.07) is 3.84. The molecule has 7 nitrogen and oxygen atoms in total. The lowest BCUT2D eigenvalue weighted by atomic mass is 9.97. The smallest absolute Gasteiger partial charge is 0.322 e. The van der Waals surface area contributed by atoms with Crippen molar-refractivity contribution >= 4 is 33.7 Å². The normalized spacial score (nSPS) is 17.2. The van der Waals surface area contributed by atoms with Gasteiger partial charge in [-0.25, -0.2) is 14.3 Å². The van der Waals surface area contributed by atoms with E-state index in [0.29, 0.717) is 13.1 Å². The van der Waals surface area contributed by atoms with Gasteiger partial charge in [0.25, 0.3) is 0 Å². The Morgan fingerprint density at radius 3 is 2.81 bits per heavy atom. The lowest BCUT2D eigenvalue weighted by Crippen LogP contribution is -2.50. The highest BCUT2D eigenvalue weighted by atomic mass is 32.1. The number of nitrogens with one attached hydrogen (secondary N) is 1. The van der Waals surface area contributed by atoms with Gasteiger partial charge in [-0.3, -0.25) is 5.32 Å². The van der Waals surface area contributed by atoms with Crippen LogP contribution in [0.5, 0.6) is 0 Å². The van der Waals surface area contributed by atoms with Crippen LogP contribution in [0.3, 0.4) is 0 Å². The third-order valence-electron chi connectivity index (χ3n) is 5.42. The summed E-state index contributed by atoms with van der Waals surface area (Å²) in [5.74, 6) is 1.01. The van der Waals surface area contributed by atoms with E-state index in [4.69, 9.17) is 5.10 Å². The molecule has 0 unspecified atom stereocenters. The molecule has 140 valence electrons. The maximum atomic E-state index is 12.4. The van der Waals surface area contributed by atoms with E-state index in [9.17, 15) is 4.79 Å². The number of carbonyl (C=O) groups excluding carboxylic acids is 1. The van der Waals surface area contributed by atoms with E-state index in [2.05, 4.69) is 15.2 Å². The van der Waals surface area contributed by atoms with Crippen LogP contribution in [0.4, 0.5) is 15.6 Å². The number of fused-ring (bicyclic) bond motifs is 3. The van der Waals surface area contributed by atoms with Gasteiger partial charge in [-0.2, -0.15) is 5.10 Å². The molecule has 0 atom stereocenters. The van der Waals surface area contributed by atoms with E-state index in [1.54, 1.807) is 0 Å². The number of carbonyl (C=O) groups is 1. The van der Waals surface area contributed by atoms with Gasteiger partial charge >= 0.3 is 6.03 Å². The highest BCUT2D eigenvalue weighted by Gasteiger charge is 2.26. The number of hydrogen-bond donors (Lipinski definition) is 1. The van der Waals surface area contributed by atoms with Crippen LogP contribution in [-0.2, 0) is 12.8 Å². The van der Waals surface area contributed by atoms with Gasteiger partial charge < -0.3 is 9.80 Å². The highest BCUT2D eigenvalue weighted by Crippen LogP contribution is 2.30. The van der Waals surface area contributed by atoms with E-state index < -0.39 is 0 Å². The standard InChI is InChI=1S/C19H22N6OS/c26-19(21-16-6-3-13-27-16)24-11-9-23(10-12-24)18-17-14-4-1-2-5-15(14)22-25(17)8-7-20-18/h3,6-8,13H,1-2,4-5,9-12H2,(H,21,26). The predicted octanol–water partition coefficient (Wildman–Crippen LogP) is 3.02. The van der Waals surface area contributed by atoms with Crippen LogP contribution >= 0.6 is 11.3 Å². The van der Waals surface area contributed by atoms with Gasteiger partial charge in [0.1, 0.15) is 5.52 Å². The van der Waals surface area contributed by atoms with Crippen LogP contribution in [0.2, 0.25) is 0 Å². The fourth-order valence-electron chi connectivity index (χ4n) is 4.03. The van der Waals surface area contributed by atoms with Crippen LogP contribution in [0.15, 0.2) is 29.9 Å². The minimum absolute atomic E-state index is 0.0231. The Bertz CT molecular complexity index is 958. The quantitative estimate of drug-likeness (QED) is 0.740. The molecule has 1 aliphatic heterocycles. The van der Waals surface area contributed by atoms with Crippen LogP contribution in [0, 0.1) is 0 Å². The Balaban J connectivity index is 1.34. The number of aromatic nitrogens is 3. The van der Waals surface area contributed by atoms with Crippen molar-refractivity contribution in [2.24, 2.45) is 0 Å². The molecule has 0 bridgehead atoms. The van der Waals surface area contributed by atoms with E-state index in [1.807, 2.05) is 39.3 Å². The van der Waals surface area contributed by atoms with Crippen LogP contribution in [0.1, 0.15) is 24.1 Å². The van der Waals surface area contributed by atoms with Crippen LogP contribution in [0.25, 0.3) is 5.52 Å². The Kier molecular flexibility index (Phi) is 4.20. The molecular formula is C19H22N6OS. The molecule has 5 rings (SSSR count). The number of aryl methyl sites for hydroxylation is 2. The first kappa shape index (κ1) is 16.6. The topological polar surface area (TPSA) is 65.8 Å². The first-order valence-corrected chi connectivity index (χ1v) is 10.4. The van der Waals surface area contributed by atoms with Crippen molar-refractivity contribution in [1.29, 1.82) is 0 Å². The Hall–Kier alpha value is -2.61. The zero-order valence-corrected chi connectivity index (χ0v) is 15.9. The predicted molar refractivity (Wildman–Crippen MR) is 107 cm³/mol. The van der Waals surface area contributed by atoms with Gasteiger partial charge in [-0.15, -0.1) is 11.3 Å². The van der Waals surface area contributed by atoms with Crippen molar-refractivity contribution in [3.63, 3.8) is 0 Å². The van der Waals surface area contributed by atoms with Crippen LogP contribution in [-0.4, -0.2) is 51.7 Å². The Morgan fingerprint density at radius 2 is 2.00 bits per heavy atom. The number of thiophene rings is 1. The van der Waals surface area contributed by atoms with Crippen molar-refractivity contribution in [2.75, 3.05) is 36.4 Å². The second-order valence-electron chi connectivity index (χ2n) is 7.06. The summed E-state index contributed by atoms with van der Waals surface area (Å²) in [4.78, 5) is 21.3. The molecule has 3 aromatic rings. The SMILES string of the molecule is O=C(Nc1cccs1)N1CCN(c2nccn3nc4c(c23)CCCC4)CC1. The fraction of sp³-hybridized carbons (Fsp3) is 0.421. The van der Waals surface area contributed by atoms with Gasteiger partial charge in [-0.05, 0) is 43.2 Å². The molecule has 1 aliphatic carbocycles. The first-order chi connectivity index (χ1) is 13.3. The summed E-state index contributed by atoms with van der Waals surface area (Å²) in [7, 11) is 0. The van der Waals surface area contributed by atoms with Crippen molar-refractivity contribution in [2.45, 2.75) is 25.7 Å². The number of hydrogen-bond acceptors (Lipinski definition) is 5. The molecule has 8 heteroatoms. The van der Waals surface area contributed by atoms with E-state index in [-0.39, 0.29) is 6.03 Å². The van der Waals surface area contributed by atoms with Gasteiger partial charge in [0.2, 0.25) is 0 Å². The van der Waals surface area contributed by atoms with E-state index in [1.165, 1.54) is 35.4 Å². The number of piperazine rings is 1. The molecule has 27 heavy (non-hydrogen) atoms. The van der Waals surface area contributed by atoms with Crippen molar-refractivity contribution in [3.8, 4) is 0 Å². The molecule has 0 aromatic carbocycles. The molecule has 1 saturated heterocycles. The molecule has 2 amide bonds. The molecule has 0 spiro atoms. The lowest BCUT2D eigenvalue weighted by Gasteiger charge is -2.35. The molecule has 1 N–H and O–H groups in total. The van der Waals surface area contributed by atoms with E-state index in [0.717, 1.165) is 42.3 Å². The third-order valence-corrected chi connectivity index (χ3v) is 6.20. The zero-order chi connectivity index (χ0) is 18.2. The summed E-state index contributed by atoms with van der Waals surface area (Å²) in [5.41, 5.74) is 3.75. The number of amides is 2. The molecule has 4 heterocycles. The monoisotopic (exact) mass is 382 g/mol. The second kappa shape index (κ2) is 6.84. The number of urea groups is 1. The number of anilines is 2.